The van der Waals surface area contributed by atoms with Gasteiger partial charge in [-0.3, -0.25) is 0 Å². The minimum Gasteiger partial charge on any atom is -0.872 e. The van der Waals surface area contributed by atoms with Gasteiger partial charge in [-0.1, -0.05) is 23.9 Å². The Labute approximate surface area is 127 Å². The Balaban J connectivity index is 0. The van der Waals surface area contributed by atoms with Crippen molar-refractivity contribution in [2.45, 2.75) is 0 Å². The van der Waals surface area contributed by atoms with Crippen LogP contribution in [0.4, 0.5) is 11.5 Å². The number of benzene rings is 1. The first-order valence-electron chi connectivity index (χ1n) is 4.56. The van der Waals surface area contributed by atoms with Crippen molar-refractivity contribution in [2.75, 3.05) is 0 Å². The van der Waals surface area contributed by atoms with Crippen molar-refractivity contribution in [3.63, 3.8) is 0 Å². The standard InChI is InChI=1S/C11H9N3O2.Na.H2O/c15-8-4-5-9(10(16)7-8)13-14-11-3-1-2-6-12-11;;/h1-7,15-16H;;1H2/q;+1;/p-1. The van der Waals surface area contributed by atoms with E-state index in [1.54, 1.807) is 24.4 Å². The molecule has 0 aliphatic rings. The van der Waals surface area contributed by atoms with Gasteiger partial charge in [-0.05, 0) is 18.2 Å². The van der Waals surface area contributed by atoms with Gasteiger partial charge < -0.3 is 15.7 Å². The Morgan fingerprint density at radius 3 is 2.44 bits per heavy atom. The molecular weight excluding hydrogens is 245 g/mol. The smallest absolute Gasteiger partial charge is 0.872 e. The average molecular weight is 255 g/mol. The fraction of sp³-hybridized carbons (Fsp3) is 0. The molecule has 0 saturated carbocycles. The van der Waals surface area contributed by atoms with Crippen LogP contribution in [-0.4, -0.2) is 10.5 Å². The summed E-state index contributed by atoms with van der Waals surface area (Å²) in [7, 11) is 0. The van der Waals surface area contributed by atoms with Crippen molar-refractivity contribution in [2.24, 2.45) is 10.2 Å². The molecule has 0 bridgehead atoms. The number of hydrogen-bond acceptors (Lipinski definition) is 5. The van der Waals surface area contributed by atoms with Crippen LogP contribution in [0.15, 0.2) is 52.8 Å². The molecule has 0 amide bonds. The van der Waals surface area contributed by atoms with Crippen LogP contribution in [0.1, 0.15) is 1.43 Å². The van der Waals surface area contributed by atoms with Crippen molar-refractivity contribution in [3.8, 4) is 11.5 Å². The molecule has 0 radical (unpaired) electrons. The molecule has 0 saturated heterocycles. The van der Waals surface area contributed by atoms with Gasteiger partial charge in [0.15, 0.2) is 5.82 Å². The van der Waals surface area contributed by atoms with Gasteiger partial charge in [0.05, 0.1) is 5.69 Å². The van der Waals surface area contributed by atoms with Crippen LogP contribution in [-0.2, 0) is 0 Å². The van der Waals surface area contributed by atoms with E-state index in [4.69, 9.17) is 0 Å². The van der Waals surface area contributed by atoms with Crippen molar-refractivity contribution < 1.29 is 46.7 Å². The summed E-state index contributed by atoms with van der Waals surface area (Å²) < 4.78 is 0. The first-order chi connectivity index (χ1) is 7.75. The Hall–Kier alpha value is -1.47. The van der Waals surface area contributed by atoms with Crippen molar-refractivity contribution in [1.29, 1.82) is 0 Å². The first-order valence-corrected chi connectivity index (χ1v) is 4.56. The summed E-state index contributed by atoms with van der Waals surface area (Å²) in [5, 5.41) is 29.6. The molecule has 0 atom stereocenters. The molecule has 18 heavy (non-hydrogen) atoms. The molecule has 1 heterocycles. The molecule has 2 rings (SSSR count). The molecule has 1 aromatic heterocycles. The summed E-state index contributed by atoms with van der Waals surface area (Å²) >= 11 is 0. The van der Waals surface area contributed by atoms with Crippen LogP contribution < -0.4 is 39.8 Å². The maximum absolute atomic E-state index is 11.3. The molecule has 1 aromatic carbocycles. The van der Waals surface area contributed by atoms with Gasteiger partial charge in [0, 0.05) is 6.20 Å². The predicted molar refractivity (Wildman–Crippen MR) is 58.5 cm³/mol. The van der Waals surface area contributed by atoms with Crippen LogP contribution >= 0.6 is 0 Å². The van der Waals surface area contributed by atoms with E-state index in [1.165, 1.54) is 12.1 Å². The zero-order chi connectivity index (χ0) is 11.4. The predicted octanol–water partition coefficient (Wildman–Crippen LogP) is -2.06. The SMILES string of the molecule is O.[H+].[Na+].[O-]c1ccc(N=Nc2ccccn2)c([O-])c1. The minimum atomic E-state index is -0.438. The molecule has 0 unspecified atom stereocenters. The van der Waals surface area contributed by atoms with E-state index in [-0.39, 0.29) is 47.9 Å². The third-order valence-corrected chi connectivity index (χ3v) is 1.84. The zero-order valence-electron chi connectivity index (χ0n) is 10.7. The van der Waals surface area contributed by atoms with Crippen LogP contribution in [0, 0.1) is 0 Å². The topological polar surface area (TPSA) is 115 Å². The third-order valence-electron chi connectivity index (χ3n) is 1.84. The number of hydrogen-bond donors (Lipinski definition) is 0. The number of pyridine rings is 1. The molecule has 88 valence electrons. The maximum atomic E-state index is 11.3. The van der Waals surface area contributed by atoms with Gasteiger partial charge in [0.25, 0.3) is 0 Å². The van der Waals surface area contributed by atoms with E-state index >= 15 is 0 Å². The minimum absolute atomic E-state index is 0. The van der Waals surface area contributed by atoms with Crippen molar-refractivity contribution in [3.05, 3.63) is 42.6 Å². The molecule has 2 N–H and O–H groups in total. The number of nitrogens with zero attached hydrogens (tertiary/aromatic N) is 3. The second kappa shape index (κ2) is 7.78. The number of azo groups is 1. The van der Waals surface area contributed by atoms with Gasteiger partial charge in [-0.2, -0.15) is 0 Å². The monoisotopic (exact) mass is 255 g/mol. The van der Waals surface area contributed by atoms with Gasteiger partial charge in [0.1, 0.15) is 0 Å². The quantitative estimate of drug-likeness (QED) is 0.453. The molecule has 0 spiro atoms. The summed E-state index contributed by atoms with van der Waals surface area (Å²) in [6, 6.07) is 8.78. The Morgan fingerprint density at radius 1 is 1.06 bits per heavy atom. The zero-order valence-corrected chi connectivity index (χ0v) is 11.7. The second-order valence-electron chi connectivity index (χ2n) is 3.02. The number of aromatic nitrogens is 1. The number of rotatable bonds is 2. The fourth-order valence-electron chi connectivity index (χ4n) is 1.10. The van der Waals surface area contributed by atoms with Gasteiger partial charge in [-0.15, -0.1) is 16.0 Å². The van der Waals surface area contributed by atoms with Gasteiger partial charge >= 0.3 is 31.0 Å². The normalized spacial score (nSPS) is 9.56. The fourth-order valence-corrected chi connectivity index (χ4v) is 1.10. The van der Waals surface area contributed by atoms with Gasteiger partial charge in [0.2, 0.25) is 0 Å². The molecule has 0 aliphatic heterocycles. The van der Waals surface area contributed by atoms with E-state index in [9.17, 15) is 10.2 Å². The van der Waals surface area contributed by atoms with Crippen LogP contribution in [0.25, 0.3) is 0 Å². The van der Waals surface area contributed by atoms with E-state index in [1.807, 2.05) is 0 Å². The summed E-state index contributed by atoms with van der Waals surface area (Å²) in [5.74, 6) is -0.359. The Morgan fingerprint density at radius 2 is 1.83 bits per heavy atom. The molecular formula is C11H10N3NaO3. The molecule has 2 aromatic rings. The van der Waals surface area contributed by atoms with Crippen molar-refractivity contribution >= 4 is 11.5 Å². The molecule has 7 heteroatoms. The summed E-state index contributed by atoms with van der Waals surface area (Å²) in [5.41, 5.74) is 0.130. The van der Waals surface area contributed by atoms with Crippen molar-refractivity contribution in [1.82, 2.24) is 4.98 Å². The van der Waals surface area contributed by atoms with Crippen LogP contribution in [0.2, 0.25) is 0 Å². The van der Waals surface area contributed by atoms with Gasteiger partial charge in [-0.25, -0.2) is 4.98 Å². The van der Waals surface area contributed by atoms with E-state index in [0.29, 0.717) is 5.82 Å². The molecule has 6 nitrogen and oxygen atoms in total. The van der Waals surface area contributed by atoms with E-state index in [2.05, 4.69) is 15.2 Å². The Bertz CT molecular complexity index is 526. The summed E-state index contributed by atoms with van der Waals surface area (Å²) in [6.07, 6.45) is 1.58. The molecule has 0 aliphatic carbocycles. The maximum Gasteiger partial charge on any atom is 1.00 e. The van der Waals surface area contributed by atoms with E-state index in [0.717, 1.165) is 6.07 Å². The Kier molecular flexibility index (Phi) is 7.14. The largest absolute Gasteiger partial charge is 1.00 e. The molecule has 0 fully saturated rings. The summed E-state index contributed by atoms with van der Waals surface area (Å²) in [4.78, 5) is 3.92. The third kappa shape index (κ3) is 4.42. The van der Waals surface area contributed by atoms with E-state index < -0.39 is 5.75 Å². The first kappa shape index (κ1) is 16.5. The summed E-state index contributed by atoms with van der Waals surface area (Å²) in [6.45, 7) is 0. The van der Waals surface area contributed by atoms with Crippen LogP contribution in [0.5, 0.6) is 11.5 Å². The second-order valence-corrected chi connectivity index (χ2v) is 3.02. The average Bonchev–Trinajstić information content (AvgIpc) is 2.29. The van der Waals surface area contributed by atoms with Crippen LogP contribution in [0.3, 0.4) is 0 Å².